The zero-order chi connectivity index (χ0) is 16.3. The van der Waals surface area contributed by atoms with Crippen LogP contribution >= 0.6 is 0 Å². The highest BCUT2D eigenvalue weighted by Crippen LogP contribution is 2.26. The molecule has 1 aromatic heterocycles. The number of hydrogen-bond donors (Lipinski definition) is 0. The first-order chi connectivity index (χ1) is 10.3. The summed E-state index contributed by atoms with van der Waals surface area (Å²) in [7, 11) is 1.90. The second kappa shape index (κ2) is 6.56. The minimum atomic E-state index is -3.36. The molecule has 0 saturated carbocycles. The average molecular weight is 313 g/mol. The Balaban J connectivity index is 1.93. The van der Waals surface area contributed by atoms with E-state index in [-0.39, 0.29) is 6.04 Å². The second-order valence-corrected chi connectivity index (χ2v) is 5.66. The van der Waals surface area contributed by atoms with Gasteiger partial charge in [-0.1, -0.05) is 6.08 Å². The molecule has 7 heteroatoms. The number of allylic oxidation sites excluding steroid dienone is 1. The lowest BCUT2D eigenvalue weighted by Gasteiger charge is -2.25. The molecule has 1 aliphatic rings. The van der Waals surface area contributed by atoms with Crippen LogP contribution in [0.25, 0.3) is 0 Å². The van der Waals surface area contributed by atoms with Crippen LogP contribution in [0, 0.1) is 6.92 Å². The van der Waals surface area contributed by atoms with Gasteiger partial charge in [0, 0.05) is 32.1 Å². The molecule has 22 heavy (non-hydrogen) atoms. The molecule has 5 nitrogen and oxygen atoms in total. The molecule has 1 saturated heterocycles. The predicted molar refractivity (Wildman–Crippen MR) is 77.5 cm³/mol. The fraction of sp³-hybridized carbons (Fsp3) is 0.600. The van der Waals surface area contributed by atoms with Crippen molar-refractivity contribution in [1.82, 2.24) is 14.8 Å². The maximum atomic E-state index is 13.7. The van der Waals surface area contributed by atoms with Crippen LogP contribution in [0.5, 0.6) is 0 Å². The summed E-state index contributed by atoms with van der Waals surface area (Å²) in [4.78, 5) is 19.3. The number of likely N-dealkylation sites (tertiary alicyclic amines) is 1. The quantitative estimate of drug-likeness (QED) is 0.756. The van der Waals surface area contributed by atoms with E-state index in [1.165, 1.54) is 11.3 Å². The van der Waals surface area contributed by atoms with Gasteiger partial charge >= 0.3 is 5.92 Å². The number of alkyl halides is 2. The van der Waals surface area contributed by atoms with Crippen molar-refractivity contribution < 1.29 is 18.0 Å². The Labute approximate surface area is 128 Å². The van der Waals surface area contributed by atoms with Crippen molar-refractivity contribution in [1.29, 1.82) is 0 Å². The summed E-state index contributed by atoms with van der Waals surface area (Å²) in [6.07, 6.45) is 2.51. The van der Waals surface area contributed by atoms with Crippen LogP contribution in [-0.4, -0.2) is 52.8 Å². The van der Waals surface area contributed by atoms with Crippen LogP contribution < -0.4 is 0 Å². The first kappa shape index (κ1) is 16.6. The summed E-state index contributed by atoms with van der Waals surface area (Å²) < 4.78 is 32.5. The van der Waals surface area contributed by atoms with Gasteiger partial charge in [0.05, 0.1) is 5.69 Å². The van der Waals surface area contributed by atoms with Crippen LogP contribution in [0.1, 0.15) is 24.3 Å². The number of aryl methyl sites for hydroxylation is 1. The van der Waals surface area contributed by atoms with Crippen molar-refractivity contribution in [2.24, 2.45) is 0 Å². The third-order valence-electron chi connectivity index (χ3n) is 4.03. The molecule has 0 bridgehead atoms. The highest BCUT2D eigenvalue weighted by molar-refractivity contribution is 5.84. The van der Waals surface area contributed by atoms with Crippen molar-refractivity contribution in [2.75, 3.05) is 20.1 Å². The Bertz CT molecular complexity index is 545. The maximum absolute atomic E-state index is 13.7. The Hall–Kier alpha value is -1.76. The van der Waals surface area contributed by atoms with Crippen molar-refractivity contribution >= 4 is 5.91 Å². The zero-order valence-electron chi connectivity index (χ0n) is 12.9. The molecule has 1 atom stereocenters. The molecule has 1 unspecified atom stereocenters. The third kappa shape index (κ3) is 3.52. The number of rotatable bonds is 6. The molecule has 0 aliphatic carbocycles. The lowest BCUT2D eigenvalue weighted by atomic mass is 10.2. The normalized spacial score (nSPS) is 19.0. The monoisotopic (exact) mass is 313 g/mol. The molecule has 1 amide bonds. The molecular formula is C15H21F2N3O2. The van der Waals surface area contributed by atoms with E-state index in [1.807, 2.05) is 18.9 Å². The van der Waals surface area contributed by atoms with Crippen molar-refractivity contribution in [3.05, 3.63) is 30.5 Å². The summed E-state index contributed by atoms with van der Waals surface area (Å²) >= 11 is 0. The number of amides is 1. The largest absolute Gasteiger partial charge is 0.448 e. The van der Waals surface area contributed by atoms with Crippen LogP contribution in [0.15, 0.2) is 23.5 Å². The van der Waals surface area contributed by atoms with Gasteiger partial charge in [-0.3, -0.25) is 9.69 Å². The van der Waals surface area contributed by atoms with Gasteiger partial charge in [0.1, 0.15) is 5.76 Å². The number of likely N-dealkylation sites (N-methyl/N-ethyl adjacent to an activating group) is 1. The average Bonchev–Trinajstić information content (AvgIpc) is 3.08. The highest BCUT2D eigenvalue weighted by Gasteiger charge is 2.43. The molecule has 0 radical (unpaired) electrons. The standard InChI is InChI=1S/C15H21F2N3O2/c1-4-6-15(16,17)14(21)20-7-5-12(8-20)19(3)9-13-11(2)22-10-18-13/h4,10,12H,1,5-9H2,2-3H3. The van der Waals surface area contributed by atoms with E-state index in [9.17, 15) is 13.6 Å². The first-order valence-corrected chi connectivity index (χ1v) is 7.22. The molecule has 122 valence electrons. The minimum absolute atomic E-state index is 0.0413. The Kier molecular flexibility index (Phi) is 4.95. The molecular weight excluding hydrogens is 292 g/mol. The van der Waals surface area contributed by atoms with Crippen LogP contribution in [0.4, 0.5) is 8.78 Å². The van der Waals surface area contributed by atoms with Gasteiger partial charge in [-0.2, -0.15) is 8.78 Å². The van der Waals surface area contributed by atoms with E-state index in [0.29, 0.717) is 26.1 Å². The molecule has 2 rings (SSSR count). The molecule has 1 fully saturated rings. The van der Waals surface area contributed by atoms with E-state index in [1.54, 1.807) is 0 Å². The van der Waals surface area contributed by atoms with E-state index in [4.69, 9.17) is 4.42 Å². The van der Waals surface area contributed by atoms with Crippen LogP contribution in [0.3, 0.4) is 0 Å². The molecule has 1 aliphatic heterocycles. The molecule has 0 N–H and O–H groups in total. The highest BCUT2D eigenvalue weighted by atomic mass is 19.3. The Morgan fingerprint density at radius 1 is 1.68 bits per heavy atom. The van der Waals surface area contributed by atoms with Gasteiger partial charge < -0.3 is 9.32 Å². The molecule has 2 heterocycles. The number of carbonyl (C=O) groups excluding carboxylic acids is 1. The summed E-state index contributed by atoms with van der Waals surface area (Å²) in [6.45, 7) is 6.32. The van der Waals surface area contributed by atoms with Crippen LogP contribution in [-0.2, 0) is 11.3 Å². The fourth-order valence-corrected chi connectivity index (χ4v) is 2.63. The smallest absolute Gasteiger partial charge is 0.328 e. The van der Waals surface area contributed by atoms with Crippen molar-refractivity contribution in [3.8, 4) is 0 Å². The Morgan fingerprint density at radius 2 is 2.41 bits per heavy atom. The summed E-state index contributed by atoms with van der Waals surface area (Å²) in [5, 5.41) is 0. The summed E-state index contributed by atoms with van der Waals surface area (Å²) in [6, 6.07) is 0.0413. The number of aromatic nitrogens is 1. The van der Waals surface area contributed by atoms with E-state index in [2.05, 4.69) is 11.6 Å². The van der Waals surface area contributed by atoms with E-state index >= 15 is 0 Å². The molecule has 1 aromatic rings. The van der Waals surface area contributed by atoms with Gasteiger partial charge in [0.15, 0.2) is 6.39 Å². The second-order valence-electron chi connectivity index (χ2n) is 5.66. The van der Waals surface area contributed by atoms with Crippen molar-refractivity contribution in [3.63, 3.8) is 0 Å². The van der Waals surface area contributed by atoms with E-state index < -0.39 is 18.3 Å². The number of halogens is 2. The summed E-state index contributed by atoms with van der Waals surface area (Å²) in [5.74, 6) is -3.73. The first-order valence-electron chi connectivity index (χ1n) is 7.22. The lowest BCUT2D eigenvalue weighted by Crippen LogP contribution is -2.44. The molecule has 0 spiro atoms. The van der Waals surface area contributed by atoms with Gasteiger partial charge in [-0.15, -0.1) is 6.58 Å². The maximum Gasteiger partial charge on any atom is 0.328 e. The van der Waals surface area contributed by atoms with E-state index in [0.717, 1.165) is 17.5 Å². The Morgan fingerprint density at radius 3 is 3.00 bits per heavy atom. The van der Waals surface area contributed by atoms with Gasteiger partial charge in [0.2, 0.25) is 0 Å². The van der Waals surface area contributed by atoms with Gasteiger partial charge in [-0.05, 0) is 20.4 Å². The van der Waals surface area contributed by atoms with Gasteiger partial charge in [-0.25, -0.2) is 4.98 Å². The predicted octanol–water partition coefficient (Wildman–Crippen LogP) is 2.23. The zero-order valence-corrected chi connectivity index (χ0v) is 12.9. The topological polar surface area (TPSA) is 49.6 Å². The minimum Gasteiger partial charge on any atom is -0.448 e. The third-order valence-corrected chi connectivity index (χ3v) is 4.03. The van der Waals surface area contributed by atoms with Crippen molar-refractivity contribution in [2.45, 2.75) is 38.3 Å². The fourth-order valence-electron chi connectivity index (χ4n) is 2.63. The number of oxazole rings is 1. The molecule has 0 aromatic carbocycles. The number of nitrogens with zero attached hydrogens (tertiary/aromatic N) is 3. The lowest BCUT2D eigenvalue weighted by molar-refractivity contribution is -0.155. The number of carbonyl (C=O) groups is 1. The SMILES string of the molecule is C=CCC(F)(F)C(=O)N1CCC(N(C)Cc2ncoc2C)C1. The van der Waals surface area contributed by atoms with Crippen LogP contribution in [0.2, 0.25) is 0 Å². The number of hydrogen-bond acceptors (Lipinski definition) is 4. The van der Waals surface area contributed by atoms with Gasteiger partial charge in [0.25, 0.3) is 5.91 Å². The summed E-state index contributed by atoms with van der Waals surface area (Å²) in [5.41, 5.74) is 0.823.